The summed E-state index contributed by atoms with van der Waals surface area (Å²) in [5, 5.41) is 5.81. The van der Waals surface area contributed by atoms with Crippen molar-refractivity contribution in [3.63, 3.8) is 0 Å². The number of halogens is 2. The summed E-state index contributed by atoms with van der Waals surface area (Å²) in [6, 6.07) is 14.3. The van der Waals surface area contributed by atoms with Gasteiger partial charge in [0.2, 0.25) is 17.8 Å². The Morgan fingerprint density at radius 2 is 1.46 bits per heavy atom. The van der Waals surface area contributed by atoms with Crippen molar-refractivity contribution in [2.75, 3.05) is 0 Å². The average Bonchev–Trinajstić information content (AvgIpc) is 2.55. The molecule has 1 saturated heterocycles. The first-order chi connectivity index (χ1) is 11.5. The van der Waals surface area contributed by atoms with E-state index in [1.807, 2.05) is 30.3 Å². The van der Waals surface area contributed by atoms with Gasteiger partial charge in [-0.3, -0.25) is 20.2 Å². The largest absolute Gasteiger partial charge is 0.295 e. The van der Waals surface area contributed by atoms with Crippen molar-refractivity contribution in [1.82, 2.24) is 10.6 Å². The molecule has 122 valence electrons. The van der Waals surface area contributed by atoms with E-state index in [1.54, 1.807) is 18.2 Å². The molecule has 5 nitrogen and oxygen atoms in total. The molecular formula is C17H13Cl2N3O2. The van der Waals surface area contributed by atoms with E-state index in [2.05, 4.69) is 15.6 Å². The molecule has 0 spiro atoms. The van der Waals surface area contributed by atoms with E-state index < -0.39 is 17.7 Å². The summed E-state index contributed by atoms with van der Waals surface area (Å²) in [6.45, 7) is 0. The third kappa shape index (κ3) is 3.58. The molecular weight excluding hydrogens is 349 g/mol. The van der Waals surface area contributed by atoms with Crippen LogP contribution in [0.5, 0.6) is 0 Å². The highest BCUT2D eigenvalue weighted by molar-refractivity contribution is 6.39. The number of aliphatic imine (C=N–C) groups is 1. The van der Waals surface area contributed by atoms with E-state index in [0.29, 0.717) is 16.5 Å². The van der Waals surface area contributed by atoms with Gasteiger partial charge in [0, 0.05) is 0 Å². The molecule has 0 atom stereocenters. The third-order valence-corrected chi connectivity index (χ3v) is 4.17. The van der Waals surface area contributed by atoms with E-state index in [4.69, 9.17) is 23.2 Å². The standard InChI is InChI=1S/C17H13Cl2N3O2/c18-12-7-4-8-13(19)14(12)20-17-21-15(23)11(16(24)22-17)9-10-5-2-1-3-6-10/h1-8,11H,9H2,(H2,20,21,22,23,24). The topological polar surface area (TPSA) is 70.6 Å². The molecule has 1 fully saturated rings. The first-order valence-electron chi connectivity index (χ1n) is 7.23. The van der Waals surface area contributed by atoms with Crippen molar-refractivity contribution < 1.29 is 9.59 Å². The molecule has 24 heavy (non-hydrogen) atoms. The summed E-state index contributed by atoms with van der Waals surface area (Å²) in [7, 11) is 0. The Morgan fingerprint density at radius 1 is 0.875 bits per heavy atom. The second-order valence-electron chi connectivity index (χ2n) is 5.25. The highest BCUT2D eigenvalue weighted by Gasteiger charge is 2.33. The maximum Gasteiger partial charge on any atom is 0.239 e. The van der Waals surface area contributed by atoms with Crippen LogP contribution in [0.2, 0.25) is 10.0 Å². The molecule has 0 unspecified atom stereocenters. The van der Waals surface area contributed by atoms with Gasteiger partial charge in [-0.2, -0.15) is 0 Å². The summed E-state index contributed by atoms with van der Waals surface area (Å²) in [6.07, 6.45) is 0.318. The monoisotopic (exact) mass is 361 g/mol. The number of amides is 2. The zero-order valence-corrected chi connectivity index (χ0v) is 13.9. The minimum Gasteiger partial charge on any atom is -0.295 e. The summed E-state index contributed by atoms with van der Waals surface area (Å²) in [5.74, 6) is -1.62. The van der Waals surface area contributed by atoms with Crippen molar-refractivity contribution in [2.45, 2.75) is 6.42 Å². The Balaban J connectivity index is 1.79. The summed E-state index contributed by atoms with van der Waals surface area (Å²) in [4.78, 5) is 28.7. The molecule has 0 bridgehead atoms. The van der Waals surface area contributed by atoms with Crippen LogP contribution in [0.4, 0.5) is 5.69 Å². The van der Waals surface area contributed by atoms with Gasteiger partial charge in [0.1, 0.15) is 11.6 Å². The van der Waals surface area contributed by atoms with Crippen molar-refractivity contribution in [3.8, 4) is 0 Å². The zero-order chi connectivity index (χ0) is 17.1. The van der Waals surface area contributed by atoms with Crippen LogP contribution in [0.1, 0.15) is 5.56 Å². The van der Waals surface area contributed by atoms with Crippen LogP contribution in [0.15, 0.2) is 53.5 Å². The van der Waals surface area contributed by atoms with Crippen LogP contribution in [0.3, 0.4) is 0 Å². The number of nitrogens with one attached hydrogen (secondary N) is 2. The second kappa shape index (κ2) is 7.03. The molecule has 0 aromatic heterocycles. The van der Waals surface area contributed by atoms with Crippen molar-refractivity contribution >= 4 is 46.7 Å². The lowest BCUT2D eigenvalue weighted by molar-refractivity contribution is -0.135. The number of carbonyl (C=O) groups excluding carboxylic acids is 2. The van der Waals surface area contributed by atoms with E-state index in [9.17, 15) is 9.59 Å². The molecule has 2 aromatic carbocycles. The predicted octanol–water partition coefficient (Wildman–Crippen LogP) is 3.09. The van der Waals surface area contributed by atoms with Crippen LogP contribution in [-0.2, 0) is 16.0 Å². The SMILES string of the molecule is O=C1NC(=Nc2c(Cl)cccc2Cl)NC(=O)C1Cc1ccccc1. The van der Waals surface area contributed by atoms with Crippen LogP contribution in [-0.4, -0.2) is 17.8 Å². The lowest BCUT2D eigenvalue weighted by Crippen LogP contribution is -2.57. The maximum absolute atomic E-state index is 12.3. The smallest absolute Gasteiger partial charge is 0.239 e. The molecule has 1 aliphatic heterocycles. The number of rotatable bonds is 3. The van der Waals surface area contributed by atoms with Gasteiger partial charge < -0.3 is 0 Å². The highest BCUT2D eigenvalue weighted by Crippen LogP contribution is 2.32. The van der Waals surface area contributed by atoms with Gasteiger partial charge in [-0.05, 0) is 24.1 Å². The Morgan fingerprint density at radius 3 is 2.04 bits per heavy atom. The van der Waals surface area contributed by atoms with Crippen LogP contribution in [0.25, 0.3) is 0 Å². The van der Waals surface area contributed by atoms with Gasteiger partial charge >= 0.3 is 0 Å². The molecule has 2 amide bonds. The molecule has 7 heteroatoms. The van der Waals surface area contributed by atoms with Gasteiger partial charge in [0.15, 0.2) is 0 Å². The van der Waals surface area contributed by atoms with Gasteiger partial charge in [0.05, 0.1) is 10.0 Å². The fourth-order valence-corrected chi connectivity index (χ4v) is 2.84. The normalized spacial score (nSPS) is 17.2. The number of hydrogen-bond acceptors (Lipinski definition) is 3. The molecule has 0 saturated carbocycles. The highest BCUT2D eigenvalue weighted by atomic mass is 35.5. The van der Waals surface area contributed by atoms with Crippen LogP contribution >= 0.6 is 23.2 Å². The van der Waals surface area contributed by atoms with Gasteiger partial charge in [-0.15, -0.1) is 0 Å². The first kappa shape index (κ1) is 16.5. The van der Waals surface area contributed by atoms with Gasteiger partial charge in [0.25, 0.3) is 0 Å². The lowest BCUT2D eigenvalue weighted by Gasteiger charge is -2.23. The molecule has 2 aromatic rings. The quantitative estimate of drug-likeness (QED) is 0.824. The second-order valence-corrected chi connectivity index (χ2v) is 6.07. The maximum atomic E-state index is 12.3. The fourth-order valence-electron chi connectivity index (χ4n) is 2.36. The minimum atomic E-state index is -0.812. The number of nitrogens with zero attached hydrogens (tertiary/aromatic N) is 1. The lowest BCUT2D eigenvalue weighted by atomic mass is 9.96. The predicted molar refractivity (Wildman–Crippen MR) is 93.5 cm³/mol. The Hall–Kier alpha value is -2.37. The average molecular weight is 362 g/mol. The van der Waals surface area contributed by atoms with E-state index in [0.717, 1.165) is 5.56 Å². The van der Waals surface area contributed by atoms with Crippen LogP contribution < -0.4 is 10.6 Å². The van der Waals surface area contributed by atoms with E-state index >= 15 is 0 Å². The first-order valence-corrected chi connectivity index (χ1v) is 7.98. The van der Waals surface area contributed by atoms with Crippen molar-refractivity contribution in [1.29, 1.82) is 0 Å². The van der Waals surface area contributed by atoms with Crippen LogP contribution in [0, 0.1) is 5.92 Å². The van der Waals surface area contributed by atoms with Crippen molar-refractivity contribution in [2.24, 2.45) is 10.9 Å². The number of para-hydroxylation sites is 1. The van der Waals surface area contributed by atoms with Gasteiger partial charge in [-0.25, -0.2) is 4.99 Å². The molecule has 1 heterocycles. The zero-order valence-electron chi connectivity index (χ0n) is 12.4. The molecule has 0 radical (unpaired) electrons. The van der Waals surface area contributed by atoms with Gasteiger partial charge in [-0.1, -0.05) is 59.6 Å². The number of benzene rings is 2. The number of guanidine groups is 1. The summed E-state index contributed by atoms with van der Waals surface area (Å²) in [5.41, 5.74) is 1.19. The summed E-state index contributed by atoms with van der Waals surface area (Å²) < 4.78 is 0. The van der Waals surface area contributed by atoms with Crippen molar-refractivity contribution in [3.05, 3.63) is 64.1 Å². The molecule has 0 aliphatic carbocycles. The third-order valence-electron chi connectivity index (χ3n) is 3.56. The Bertz CT molecular complexity index is 782. The summed E-state index contributed by atoms with van der Waals surface area (Å²) >= 11 is 12.1. The molecule has 3 rings (SSSR count). The Kier molecular flexibility index (Phi) is 4.83. The molecule has 1 aliphatic rings. The fraction of sp³-hybridized carbons (Fsp3) is 0.118. The van der Waals surface area contributed by atoms with E-state index in [-0.39, 0.29) is 11.6 Å². The number of hydrogen-bond donors (Lipinski definition) is 2. The minimum absolute atomic E-state index is 0.0179. The molecule has 2 N–H and O–H groups in total. The number of carbonyl (C=O) groups is 2. The Labute approximate surface area is 148 Å². The van der Waals surface area contributed by atoms with E-state index in [1.165, 1.54) is 0 Å².